The van der Waals surface area contributed by atoms with E-state index in [0.29, 0.717) is 12.4 Å². The predicted octanol–water partition coefficient (Wildman–Crippen LogP) is 2.32. The van der Waals surface area contributed by atoms with Crippen LogP contribution in [-0.4, -0.2) is 29.6 Å². The van der Waals surface area contributed by atoms with Gasteiger partial charge in [0.05, 0.1) is 12.2 Å². The molecule has 1 aromatic heterocycles. The second-order valence-electron chi connectivity index (χ2n) is 5.55. The van der Waals surface area contributed by atoms with E-state index in [1.165, 1.54) is 0 Å². The monoisotopic (exact) mass is 390 g/mol. The lowest BCUT2D eigenvalue weighted by Gasteiger charge is -2.20. The highest BCUT2D eigenvalue weighted by atomic mass is 127. The van der Waals surface area contributed by atoms with Crippen LogP contribution in [0.3, 0.4) is 0 Å². The smallest absolute Gasteiger partial charge is 0.214 e. The van der Waals surface area contributed by atoms with E-state index in [1.807, 2.05) is 39.0 Å². The predicted molar refractivity (Wildman–Crippen MR) is 91.8 cm³/mol. The number of rotatable bonds is 3. The molecule has 0 bridgehead atoms. The first-order valence-corrected chi connectivity index (χ1v) is 6.70. The molecule has 2 N–H and O–H groups in total. The molecule has 20 heavy (non-hydrogen) atoms. The Morgan fingerprint density at radius 3 is 2.80 bits per heavy atom. The molecule has 0 unspecified atom stereocenters. The average molecular weight is 390 g/mol. The lowest BCUT2D eigenvalue weighted by molar-refractivity contribution is 0.124. The first-order chi connectivity index (χ1) is 9.03. The summed E-state index contributed by atoms with van der Waals surface area (Å²) in [4.78, 5) is 8.84. The summed E-state index contributed by atoms with van der Waals surface area (Å²) < 4.78 is 5.75. The van der Waals surface area contributed by atoms with Crippen LogP contribution >= 0.6 is 24.0 Å². The Hall–Kier alpha value is -1.05. The van der Waals surface area contributed by atoms with E-state index < -0.39 is 0 Å². The second-order valence-corrected chi connectivity index (χ2v) is 5.55. The molecule has 6 heteroatoms. The van der Waals surface area contributed by atoms with Crippen LogP contribution in [0.4, 0.5) is 0 Å². The summed E-state index contributed by atoms with van der Waals surface area (Å²) in [5, 5.41) is 6.47. The molecule has 0 aromatic carbocycles. The molecule has 1 aliphatic heterocycles. The first kappa shape index (κ1) is 17.0. The fourth-order valence-electron chi connectivity index (χ4n) is 1.75. The fourth-order valence-corrected chi connectivity index (χ4v) is 1.75. The largest absolute Gasteiger partial charge is 0.472 e. The Kier molecular flexibility index (Phi) is 6.51. The second kappa shape index (κ2) is 7.66. The molecule has 2 heterocycles. The third-order valence-corrected chi connectivity index (χ3v) is 2.53. The van der Waals surface area contributed by atoms with Gasteiger partial charge in [-0.3, -0.25) is 4.99 Å². The van der Waals surface area contributed by atoms with Gasteiger partial charge in [0.2, 0.25) is 5.88 Å². The van der Waals surface area contributed by atoms with E-state index in [-0.39, 0.29) is 29.6 Å². The van der Waals surface area contributed by atoms with E-state index >= 15 is 0 Å². The molecule has 0 amide bonds. The zero-order valence-electron chi connectivity index (χ0n) is 12.3. The van der Waals surface area contributed by atoms with Gasteiger partial charge in [0, 0.05) is 19.2 Å². The van der Waals surface area contributed by atoms with Gasteiger partial charge in [-0.25, -0.2) is 4.98 Å². The van der Waals surface area contributed by atoms with Gasteiger partial charge in [-0.1, -0.05) is 6.07 Å². The summed E-state index contributed by atoms with van der Waals surface area (Å²) in [7, 11) is 0. The van der Waals surface area contributed by atoms with Crippen LogP contribution in [0.1, 0.15) is 32.9 Å². The van der Waals surface area contributed by atoms with Crippen LogP contribution in [0, 0.1) is 0 Å². The van der Waals surface area contributed by atoms with Gasteiger partial charge in [-0.05, 0) is 33.3 Å². The van der Waals surface area contributed by atoms with Crippen molar-refractivity contribution in [1.82, 2.24) is 15.6 Å². The van der Waals surface area contributed by atoms with Crippen molar-refractivity contribution in [3.63, 3.8) is 0 Å². The van der Waals surface area contributed by atoms with E-state index in [9.17, 15) is 0 Å². The third kappa shape index (κ3) is 5.94. The zero-order valence-corrected chi connectivity index (χ0v) is 14.6. The van der Waals surface area contributed by atoms with Crippen molar-refractivity contribution in [2.75, 3.05) is 13.1 Å². The minimum atomic E-state index is -0.228. The van der Waals surface area contributed by atoms with Crippen LogP contribution < -0.4 is 15.4 Å². The normalized spacial score (nSPS) is 14.7. The lowest BCUT2D eigenvalue weighted by Crippen LogP contribution is -2.40. The highest BCUT2D eigenvalue weighted by molar-refractivity contribution is 14.0. The number of aromatic nitrogens is 1. The Labute approximate surface area is 137 Å². The lowest BCUT2D eigenvalue weighted by atomic mass is 10.2. The molecular formula is C14H23IN4O. The Bertz CT molecular complexity index is 457. The summed E-state index contributed by atoms with van der Waals surface area (Å²) in [6.07, 6.45) is 1.10. The Morgan fingerprint density at radius 1 is 1.35 bits per heavy atom. The van der Waals surface area contributed by atoms with Gasteiger partial charge in [0.1, 0.15) is 5.60 Å². The Balaban J connectivity index is 0.00000200. The van der Waals surface area contributed by atoms with Crippen molar-refractivity contribution in [2.24, 2.45) is 4.99 Å². The van der Waals surface area contributed by atoms with Gasteiger partial charge in [-0.15, -0.1) is 24.0 Å². The van der Waals surface area contributed by atoms with Crippen molar-refractivity contribution in [3.8, 4) is 5.88 Å². The molecule has 112 valence electrons. The molecule has 0 aliphatic carbocycles. The highest BCUT2D eigenvalue weighted by Gasteiger charge is 2.12. The summed E-state index contributed by atoms with van der Waals surface area (Å²) in [6.45, 7) is 8.55. The topological polar surface area (TPSA) is 58.5 Å². The minimum Gasteiger partial charge on any atom is -0.472 e. The summed E-state index contributed by atoms with van der Waals surface area (Å²) in [5.74, 6) is 1.51. The number of hydrogen-bond acceptors (Lipinski definition) is 5. The third-order valence-electron chi connectivity index (χ3n) is 2.53. The Morgan fingerprint density at radius 2 is 2.15 bits per heavy atom. The number of halogens is 1. The molecule has 0 spiro atoms. The maximum Gasteiger partial charge on any atom is 0.214 e. The average Bonchev–Trinajstić information content (AvgIpc) is 2.36. The number of pyridine rings is 1. The van der Waals surface area contributed by atoms with Crippen LogP contribution in [0.5, 0.6) is 5.88 Å². The molecule has 1 aliphatic rings. The maximum absolute atomic E-state index is 5.75. The number of aliphatic imine (C=N–C) groups is 1. The summed E-state index contributed by atoms with van der Waals surface area (Å²) >= 11 is 0. The number of nitrogens with zero attached hydrogens (tertiary/aromatic N) is 2. The molecule has 0 saturated carbocycles. The van der Waals surface area contributed by atoms with Crippen LogP contribution in [-0.2, 0) is 6.54 Å². The highest BCUT2D eigenvalue weighted by Crippen LogP contribution is 2.15. The van der Waals surface area contributed by atoms with Crippen molar-refractivity contribution in [2.45, 2.75) is 39.3 Å². The van der Waals surface area contributed by atoms with Crippen molar-refractivity contribution in [1.29, 1.82) is 0 Å². The SMILES string of the molecule is CC(C)(C)Oc1cccc(CNC2=NCCCN2)n1.I. The first-order valence-electron chi connectivity index (χ1n) is 6.70. The van der Waals surface area contributed by atoms with Gasteiger partial charge >= 0.3 is 0 Å². The number of nitrogens with one attached hydrogen (secondary N) is 2. The summed E-state index contributed by atoms with van der Waals surface area (Å²) in [5.41, 5.74) is 0.713. The van der Waals surface area contributed by atoms with E-state index in [4.69, 9.17) is 4.74 Å². The van der Waals surface area contributed by atoms with Crippen molar-refractivity contribution in [3.05, 3.63) is 23.9 Å². The van der Waals surface area contributed by atoms with Crippen LogP contribution in [0.2, 0.25) is 0 Å². The van der Waals surface area contributed by atoms with Crippen molar-refractivity contribution >= 4 is 29.9 Å². The van der Waals surface area contributed by atoms with E-state index in [2.05, 4.69) is 20.6 Å². The summed E-state index contributed by atoms with van der Waals surface area (Å²) in [6, 6.07) is 5.82. The number of guanidine groups is 1. The molecular weight excluding hydrogens is 367 g/mol. The molecule has 5 nitrogen and oxygen atoms in total. The standard InChI is InChI=1S/C14H22N4O.HI/c1-14(2,3)19-12-7-4-6-11(18-12)10-17-13-15-8-5-9-16-13;/h4,6-7H,5,8-10H2,1-3H3,(H2,15,16,17);1H. The van der Waals surface area contributed by atoms with E-state index in [0.717, 1.165) is 31.2 Å². The van der Waals surface area contributed by atoms with Crippen molar-refractivity contribution < 1.29 is 4.74 Å². The molecule has 2 rings (SSSR count). The quantitative estimate of drug-likeness (QED) is 0.778. The molecule has 0 atom stereocenters. The van der Waals surface area contributed by atoms with Crippen LogP contribution in [0.15, 0.2) is 23.2 Å². The van der Waals surface area contributed by atoms with Gasteiger partial charge in [0.15, 0.2) is 5.96 Å². The van der Waals surface area contributed by atoms with Gasteiger partial charge in [-0.2, -0.15) is 0 Å². The molecule has 0 fully saturated rings. The number of ether oxygens (including phenoxy) is 1. The maximum atomic E-state index is 5.75. The van der Waals surface area contributed by atoms with Crippen LogP contribution in [0.25, 0.3) is 0 Å². The molecule has 1 aromatic rings. The molecule has 0 saturated heterocycles. The van der Waals surface area contributed by atoms with E-state index in [1.54, 1.807) is 0 Å². The van der Waals surface area contributed by atoms with Gasteiger partial charge < -0.3 is 15.4 Å². The minimum absolute atomic E-state index is 0. The van der Waals surface area contributed by atoms with Gasteiger partial charge in [0.25, 0.3) is 0 Å². The zero-order chi connectivity index (χ0) is 13.7. The number of hydrogen-bond donors (Lipinski definition) is 2. The fraction of sp³-hybridized carbons (Fsp3) is 0.571. The molecule has 0 radical (unpaired) electrons.